The fourth-order valence-electron chi connectivity index (χ4n) is 4.74. The number of nitrogens with one attached hydrogen (secondary N) is 2. The Kier molecular flexibility index (Phi) is 7.94. The van der Waals surface area contributed by atoms with Gasteiger partial charge in [0.15, 0.2) is 11.6 Å². The molecule has 0 saturated carbocycles. The van der Waals surface area contributed by atoms with Gasteiger partial charge in [-0.25, -0.2) is 23.7 Å². The number of hydrogen-bond acceptors (Lipinski definition) is 8. The van der Waals surface area contributed by atoms with Crippen LogP contribution in [0.2, 0.25) is 0 Å². The van der Waals surface area contributed by atoms with Crippen LogP contribution < -0.4 is 15.5 Å². The number of aliphatic hydroxyl groups is 1. The maximum Gasteiger partial charge on any atom is 0.248 e. The fraction of sp³-hybridized carbons (Fsp3) is 0.241. The Labute approximate surface area is 230 Å². The number of halogens is 2. The Morgan fingerprint density at radius 3 is 2.67 bits per heavy atom. The van der Waals surface area contributed by atoms with Gasteiger partial charge in [-0.05, 0) is 42.8 Å². The van der Waals surface area contributed by atoms with E-state index in [4.69, 9.17) is 0 Å². The monoisotopic (exact) mass is 545 g/mol. The molecule has 0 bridgehead atoms. The standard InChI is InChI=1S/C29H29F2N7O2/c1-3-25(40)35-24-15-19(9-10-32-24)21-6-4-5-20-16-33-29(36-28(20)21)34-22-7-8-23(27(31)26(22)30)38-13-11-37(12-14-38)17-18(2)39/h3-10,15-16,18,39H,1,11-14,17H2,2H3,(H,32,35,40)(H,33,34,36). The van der Waals surface area contributed by atoms with Crippen LogP contribution in [-0.2, 0) is 4.79 Å². The molecule has 1 aliphatic heterocycles. The van der Waals surface area contributed by atoms with Crippen LogP contribution in [0.3, 0.4) is 0 Å². The highest BCUT2D eigenvalue weighted by molar-refractivity contribution is 5.99. The molecule has 2 aromatic carbocycles. The molecule has 5 rings (SSSR count). The largest absolute Gasteiger partial charge is 0.392 e. The van der Waals surface area contributed by atoms with Crippen molar-refractivity contribution >= 4 is 40.0 Å². The topological polar surface area (TPSA) is 107 Å². The summed E-state index contributed by atoms with van der Waals surface area (Å²) in [5, 5.41) is 15.8. The van der Waals surface area contributed by atoms with Gasteiger partial charge in [-0.15, -0.1) is 0 Å². The molecular weight excluding hydrogens is 516 g/mol. The molecule has 1 fully saturated rings. The van der Waals surface area contributed by atoms with Crippen LogP contribution in [0.4, 0.5) is 31.9 Å². The average molecular weight is 546 g/mol. The number of β-amino-alcohol motifs (C(OH)–C–C–N with tert-alkyl or cyclic N) is 1. The molecular formula is C29H29F2N7O2. The Bertz CT molecular complexity index is 1560. The fourth-order valence-corrected chi connectivity index (χ4v) is 4.74. The van der Waals surface area contributed by atoms with Crippen LogP contribution >= 0.6 is 0 Å². The predicted octanol–water partition coefficient (Wildman–Crippen LogP) is 4.34. The Balaban J connectivity index is 1.39. The molecule has 1 saturated heterocycles. The molecule has 1 unspecified atom stereocenters. The number of piperazine rings is 1. The Morgan fingerprint density at radius 2 is 1.93 bits per heavy atom. The van der Waals surface area contributed by atoms with Crippen molar-refractivity contribution in [1.82, 2.24) is 19.9 Å². The van der Waals surface area contributed by atoms with Gasteiger partial charge in [-0.1, -0.05) is 24.8 Å². The van der Waals surface area contributed by atoms with E-state index in [0.717, 1.165) is 22.6 Å². The predicted molar refractivity (Wildman–Crippen MR) is 152 cm³/mol. The lowest BCUT2D eigenvalue weighted by Gasteiger charge is -2.36. The van der Waals surface area contributed by atoms with Crippen molar-refractivity contribution in [3.63, 3.8) is 0 Å². The van der Waals surface area contributed by atoms with Crippen LogP contribution in [0.15, 0.2) is 67.5 Å². The summed E-state index contributed by atoms with van der Waals surface area (Å²) in [6, 6.07) is 12.1. The summed E-state index contributed by atoms with van der Waals surface area (Å²) in [5.41, 5.74) is 2.19. The summed E-state index contributed by atoms with van der Waals surface area (Å²) in [6.45, 7) is 8.09. The molecule has 9 nitrogen and oxygen atoms in total. The Morgan fingerprint density at radius 1 is 1.12 bits per heavy atom. The highest BCUT2D eigenvalue weighted by atomic mass is 19.2. The SMILES string of the molecule is C=CC(=O)Nc1cc(-c2cccc3cnc(Nc4ccc(N5CCN(CC(C)O)CC5)c(F)c4F)nc23)ccn1. The zero-order valence-electron chi connectivity index (χ0n) is 21.9. The van der Waals surface area contributed by atoms with Gasteiger partial charge in [0.2, 0.25) is 11.9 Å². The molecule has 1 amide bonds. The first kappa shape index (κ1) is 27.1. The van der Waals surface area contributed by atoms with E-state index in [1.165, 1.54) is 6.07 Å². The van der Waals surface area contributed by atoms with Crippen LogP contribution in [0.5, 0.6) is 0 Å². The normalized spacial score (nSPS) is 14.7. The van der Waals surface area contributed by atoms with E-state index in [1.807, 2.05) is 18.2 Å². The second kappa shape index (κ2) is 11.7. The molecule has 3 N–H and O–H groups in total. The second-order valence-electron chi connectivity index (χ2n) is 9.58. The number of aromatic nitrogens is 3. The third-order valence-electron chi connectivity index (χ3n) is 6.66. The van der Waals surface area contributed by atoms with Gasteiger partial charge in [0, 0.05) is 56.1 Å². The van der Waals surface area contributed by atoms with Gasteiger partial charge in [-0.2, -0.15) is 0 Å². The molecule has 206 valence electrons. The van der Waals surface area contributed by atoms with Gasteiger partial charge in [0.05, 0.1) is 23.0 Å². The van der Waals surface area contributed by atoms with E-state index in [9.17, 15) is 9.90 Å². The molecule has 11 heteroatoms. The summed E-state index contributed by atoms with van der Waals surface area (Å²) in [7, 11) is 0. The second-order valence-corrected chi connectivity index (χ2v) is 9.58. The molecule has 40 heavy (non-hydrogen) atoms. The van der Waals surface area contributed by atoms with E-state index in [2.05, 4.69) is 37.1 Å². The number of anilines is 4. The number of carbonyl (C=O) groups excluding carboxylic acids is 1. The molecule has 0 radical (unpaired) electrons. The molecule has 4 aromatic rings. The molecule has 0 aliphatic carbocycles. The van der Waals surface area contributed by atoms with Crippen molar-refractivity contribution in [2.24, 2.45) is 0 Å². The first-order valence-corrected chi connectivity index (χ1v) is 12.9. The first-order chi connectivity index (χ1) is 19.3. The summed E-state index contributed by atoms with van der Waals surface area (Å²) < 4.78 is 30.3. The molecule has 2 aromatic heterocycles. The number of benzene rings is 2. The molecule has 3 heterocycles. The highest BCUT2D eigenvalue weighted by Crippen LogP contribution is 2.31. The number of para-hydroxylation sites is 1. The summed E-state index contributed by atoms with van der Waals surface area (Å²) in [6.07, 6.45) is 3.89. The summed E-state index contributed by atoms with van der Waals surface area (Å²) in [5.74, 6) is -1.88. The number of nitrogens with zero attached hydrogens (tertiary/aromatic N) is 5. The van der Waals surface area contributed by atoms with Crippen molar-refractivity contribution in [2.75, 3.05) is 48.3 Å². The van der Waals surface area contributed by atoms with Gasteiger partial charge >= 0.3 is 0 Å². The molecule has 1 aliphatic rings. The van der Waals surface area contributed by atoms with Crippen molar-refractivity contribution in [3.8, 4) is 11.1 Å². The Hall–Kier alpha value is -4.48. The van der Waals surface area contributed by atoms with Crippen molar-refractivity contribution in [1.29, 1.82) is 0 Å². The molecule has 1 atom stereocenters. The number of hydrogen-bond donors (Lipinski definition) is 3. The van der Waals surface area contributed by atoms with Crippen LogP contribution in [0, 0.1) is 11.6 Å². The third kappa shape index (κ3) is 5.90. The highest BCUT2D eigenvalue weighted by Gasteiger charge is 2.23. The number of rotatable bonds is 8. The van der Waals surface area contributed by atoms with Crippen molar-refractivity contribution in [2.45, 2.75) is 13.0 Å². The first-order valence-electron chi connectivity index (χ1n) is 12.9. The maximum absolute atomic E-state index is 15.2. The zero-order chi connectivity index (χ0) is 28.2. The van der Waals surface area contributed by atoms with Crippen LogP contribution in [-0.4, -0.2) is 69.7 Å². The number of fused-ring (bicyclic) bond motifs is 1. The van der Waals surface area contributed by atoms with Crippen molar-refractivity contribution in [3.05, 3.63) is 79.1 Å². The smallest absolute Gasteiger partial charge is 0.248 e. The summed E-state index contributed by atoms with van der Waals surface area (Å²) in [4.78, 5) is 28.7. The number of pyridine rings is 1. The minimum Gasteiger partial charge on any atom is -0.392 e. The minimum absolute atomic E-state index is 0.0795. The number of amides is 1. The van der Waals surface area contributed by atoms with Gasteiger partial charge in [0.1, 0.15) is 5.82 Å². The molecule has 0 spiro atoms. The quantitative estimate of drug-likeness (QED) is 0.281. The lowest BCUT2D eigenvalue weighted by Crippen LogP contribution is -2.48. The van der Waals surface area contributed by atoms with E-state index in [-0.39, 0.29) is 23.2 Å². The zero-order valence-corrected chi connectivity index (χ0v) is 21.9. The third-order valence-corrected chi connectivity index (χ3v) is 6.66. The van der Waals surface area contributed by atoms with E-state index < -0.39 is 17.7 Å². The summed E-state index contributed by atoms with van der Waals surface area (Å²) >= 11 is 0. The average Bonchev–Trinajstić information content (AvgIpc) is 2.95. The van der Waals surface area contributed by atoms with E-state index >= 15 is 8.78 Å². The van der Waals surface area contributed by atoms with Gasteiger partial charge in [0.25, 0.3) is 0 Å². The number of aliphatic hydroxyl groups excluding tert-OH is 1. The van der Waals surface area contributed by atoms with E-state index in [0.29, 0.717) is 44.1 Å². The van der Waals surface area contributed by atoms with E-state index in [1.54, 1.807) is 42.4 Å². The number of carbonyl (C=O) groups is 1. The van der Waals surface area contributed by atoms with Crippen LogP contribution in [0.1, 0.15) is 6.92 Å². The van der Waals surface area contributed by atoms with Gasteiger partial charge < -0.3 is 20.6 Å². The minimum atomic E-state index is -1.02. The van der Waals surface area contributed by atoms with Crippen molar-refractivity contribution < 1.29 is 18.7 Å². The lowest BCUT2D eigenvalue weighted by molar-refractivity contribution is -0.111. The van der Waals surface area contributed by atoms with Crippen LogP contribution in [0.25, 0.3) is 22.0 Å². The lowest BCUT2D eigenvalue weighted by atomic mass is 10.0. The van der Waals surface area contributed by atoms with Gasteiger partial charge in [-0.3, -0.25) is 9.69 Å². The maximum atomic E-state index is 15.2.